The molecule has 0 saturated carbocycles. The maximum absolute atomic E-state index is 6.38. The van der Waals surface area contributed by atoms with E-state index >= 15 is 0 Å². The van der Waals surface area contributed by atoms with E-state index in [0.29, 0.717) is 6.42 Å². The number of guanidine groups is 1. The Labute approximate surface area is 157 Å². The molecule has 1 aromatic carbocycles. The molecule has 8 heteroatoms. The van der Waals surface area contributed by atoms with Crippen molar-refractivity contribution in [3.63, 3.8) is 0 Å². The van der Waals surface area contributed by atoms with Gasteiger partial charge in [-0.1, -0.05) is 29.8 Å². The quantitative estimate of drug-likeness (QED) is 0.476. The molecule has 6 nitrogen and oxygen atoms in total. The summed E-state index contributed by atoms with van der Waals surface area (Å²) in [5.41, 5.74) is 15.5. The van der Waals surface area contributed by atoms with Crippen molar-refractivity contribution < 1.29 is 0 Å². The van der Waals surface area contributed by atoms with Crippen LogP contribution in [0.2, 0.25) is 5.02 Å². The van der Waals surface area contributed by atoms with Crippen molar-refractivity contribution >= 4 is 35.7 Å². The molecule has 2 aromatic rings. The third-order valence-corrected chi connectivity index (χ3v) is 4.42. The highest BCUT2D eigenvalue weighted by atomic mass is 35.5. The zero-order chi connectivity index (χ0) is 17.3. The van der Waals surface area contributed by atoms with Gasteiger partial charge < -0.3 is 11.5 Å². The van der Waals surface area contributed by atoms with Crippen LogP contribution in [0.5, 0.6) is 0 Å². The monoisotopic (exact) mass is 378 g/mol. The minimum atomic E-state index is -0.0744. The van der Waals surface area contributed by atoms with Gasteiger partial charge in [-0.2, -0.15) is 5.10 Å². The van der Waals surface area contributed by atoms with Crippen LogP contribution < -0.4 is 11.5 Å². The van der Waals surface area contributed by atoms with Crippen LogP contribution in [0, 0.1) is 13.8 Å². The first kappa shape index (κ1) is 19.1. The third kappa shape index (κ3) is 4.08. The lowest BCUT2D eigenvalue weighted by atomic mass is 9.80. The fraction of sp³-hybridized carbons (Fsp3) is 0.294. The van der Waals surface area contributed by atoms with Gasteiger partial charge in [-0.25, -0.2) is 9.97 Å². The summed E-state index contributed by atoms with van der Waals surface area (Å²) in [5, 5.41) is 8.83. The number of aryl methyl sites for hydroxylation is 2. The van der Waals surface area contributed by atoms with Crippen LogP contribution in [0.3, 0.4) is 0 Å². The standard InChI is InChI=1S/C17H19ClN6.ClH/c1-9-16-14(22-10(2)21-9)7-11(8-15(16)23-24-17(19)20)12-5-3-4-6-13(12)18;/h3-6,11H,7-8H2,1-2H3,(H4,19,20,24);1H/b23-15+;. The average Bonchev–Trinajstić information content (AvgIpc) is 2.52. The van der Waals surface area contributed by atoms with Crippen molar-refractivity contribution in [1.82, 2.24) is 9.97 Å². The molecule has 4 N–H and O–H groups in total. The first-order valence-corrected chi connectivity index (χ1v) is 8.08. The lowest BCUT2D eigenvalue weighted by Gasteiger charge is -2.26. The fourth-order valence-corrected chi connectivity index (χ4v) is 3.47. The van der Waals surface area contributed by atoms with E-state index < -0.39 is 0 Å². The van der Waals surface area contributed by atoms with Crippen molar-refractivity contribution in [3.8, 4) is 0 Å². The number of benzene rings is 1. The largest absolute Gasteiger partial charge is 0.369 e. The molecule has 0 spiro atoms. The smallest absolute Gasteiger partial charge is 0.211 e. The molecule has 3 rings (SSSR count). The van der Waals surface area contributed by atoms with Crippen LogP contribution in [-0.4, -0.2) is 21.6 Å². The summed E-state index contributed by atoms with van der Waals surface area (Å²) in [6.07, 6.45) is 1.46. The topological polar surface area (TPSA) is 103 Å². The van der Waals surface area contributed by atoms with Crippen molar-refractivity contribution in [2.45, 2.75) is 32.6 Å². The summed E-state index contributed by atoms with van der Waals surface area (Å²) in [6, 6.07) is 7.85. The highest BCUT2D eigenvalue weighted by molar-refractivity contribution is 6.31. The minimum absolute atomic E-state index is 0. The predicted octanol–water partition coefficient (Wildman–Crippen LogP) is 2.88. The van der Waals surface area contributed by atoms with E-state index in [2.05, 4.69) is 20.2 Å². The minimum Gasteiger partial charge on any atom is -0.369 e. The Bertz CT molecular complexity index is 843. The first-order chi connectivity index (χ1) is 11.5. The molecular weight excluding hydrogens is 359 g/mol. The second-order valence-electron chi connectivity index (χ2n) is 5.88. The molecule has 25 heavy (non-hydrogen) atoms. The molecule has 0 saturated heterocycles. The number of rotatable bonds is 2. The number of hydrogen-bond acceptors (Lipinski definition) is 4. The van der Waals surface area contributed by atoms with Gasteiger partial charge in [0.2, 0.25) is 5.96 Å². The van der Waals surface area contributed by atoms with E-state index in [1.807, 2.05) is 38.1 Å². The van der Waals surface area contributed by atoms with Crippen LogP contribution in [0.1, 0.15) is 40.7 Å². The number of fused-ring (bicyclic) bond motifs is 1. The molecular formula is C17H20Cl2N6. The SMILES string of the molecule is Cc1nc(C)c2c(n1)CC(c1ccccc1Cl)C/C2=N\N=C(N)N.Cl. The van der Waals surface area contributed by atoms with Crippen molar-refractivity contribution in [3.05, 3.63) is 57.6 Å². The molecule has 1 aliphatic carbocycles. The van der Waals surface area contributed by atoms with Gasteiger partial charge in [0.25, 0.3) is 0 Å². The van der Waals surface area contributed by atoms with E-state index in [1.54, 1.807) is 0 Å². The maximum Gasteiger partial charge on any atom is 0.211 e. The average molecular weight is 379 g/mol. The maximum atomic E-state index is 6.38. The summed E-state index contributed by atoms with van der Waals surface area (Å²) >= 11 is 6.38. The normalized spacial score (nSPS) is 17.6. The first-order valence-electron chi connectivity index (χ1n) is 7.70. The molecule has 0 radical (unpaired) electrons. The molecule has 1 aliphatic rings. The molecule has 0 fully saturated rings. The second kappa shape index (κ2) is 7.80. The van der Waals surface area contributed by atoms with Crippen LogP contribution >= 0.6 is 24.0 Å². The molecule has 1 unspecified atom stereocenters. The van der Waals surface area contributed by atoms with Crippen molar-refractivity contribution in [2.24, 2.45) is 21.7 Å². The number of hydrogen-bond donors (Lipinski definition) is 2. The van der Waals surface area contributed by atoms with Crippen LogP contribution in [0.25, 0.3) is 0 Å². The Morgan fingerprint density at radius 3 is 2.56 bits per heavy atom. The molecule has 0 amide bonds. The summed E-state index contributed by atoms with van der Waals surface area (Å²) < 4.78 is 0. The van der Waals surface area contributed by atoms with E-state index in [0.717, 1.165) is 45.5 Å². The van der Waals surface area contributed by atoms with Gasteiger partial charge in [0.1, 0.15) is 5.82 Å². The number of nitrogens with zero attached hydrogens (tertiary/aromatic N) is 4. The Kier molecular flexibility index (Phi) is 5.98. The number of aromatic nitrogens is 2. The Hall–Kier alpha value is -2.18. The molecule has 1 heterocycles. The van der Waals surface area contributed by atoms with Crippen molar-refractivity contribution in [1.29, 1.82) is 0 Å². The Balaban J connectivity index is 0.00000225. The van der Waals surface area contributed by atoms with E-state index in [-0.39, 0.29) is 24.3 Å². The van der Waals surface area contributed by atoms with Crippen molar-refractivity contribution in [2.75, 3.05) is 0 Å². The van der Waals surface area contributed by atoms with Crippen LogP contribution in [-0.2, 0) is 6.42 Å². The van der Waals surface area contributed by atoms with Crippen LogP contribution in [0.15, 0.2) is 34.5 Å². The van der Waals surface area contributed by atoms with Gasteiger partial charge in [-0.3, -0.25) is 0 Å². The summed E-state index contributed by atoms with van der Waals surface area (Å²) in [7, 11) is 0. The van der Waals surface area contributed by atoms with Gasteiger partial charge in [0.15, 0.2) is 0 Å². The van der Waals surface area contributed by atoms with E-state index in [4.69, 9.17) is 23.1 Å². The Morgan fingerprint density at radius 1 is 1.16 bits per heavy atom. The zero-order valence-corrected chi connectivity index (χ0v) is 15.6. The second-order valence-corrected chi connectivity index (χ2v) is 6.28. The van der Waals surface area contributed by atoms with E-state index in [1.165, 1.54) is 0 Å². The third-order valence-electron chi connectivity index (χ3n) is 4.08. The fourth-order valence-electron chi connectivity index (χ4n) is 3.18. The summed E-state index contributed by atoms with van der Waals surface area (Å²) in [4.78, 5) is 9.06. The molecule has 1 aromatic heterocycles. The van der Waals surface area contributed by atoms with Gasteiger partial charge in [-0.15, -0.1) is 17.5 Å². The highest BCUT2D eigenvalue weighted by Gasteiger charge is 2.29. The Morgan fingerprint density at radius 2 is 1.88 bits per heavy atom. The van der Waals surface area contributed by atoms with E-state index in [9.17, 15) is 0 Å². The molecule has 132 valence electrons. The molecule has 0 bridgehead atoms. The van der Waals surface area contributed by atoms with Gasteiger partial charge in [-0.05, 0) is 44.2 Å². The van der Waals surface area contributed by atoms with Gasteiger partial charge in [0, 0.05) is 10.6 Å². The number of halogens is 2. The molecule has 1 atom stereocenters. The van der Waals surface area contributed by atoms with Gasteiger partial charge >= 0.3 is 0 Å². The highest BCUT2D eigenvalue weighted by Crippen LogP contribution is 2.36. The van der Waals surface area contributed by atoms with Gasteiger partial charge in [0.05, 0.1) is 17.1 Å². The number of nitrogens with two attached hydrogens (primary N) is 2. The van der Waals surface area contributed by atoms with Crippen LogP contribution in [0.4, 0.5) is 0 Å². The summed E-state index contributed by atoms with van der Waals surface area (Å²) in [5.74, 6) is 0.842. The lowest BCUT2D eigenvalue weighted by molar-refractivity contribution is 0.670. The zero-order valence-electron chi connectivity index (χ0n) is 14.0. The predicted molar refractivity (Wildman–Crippen MR) is 104 cm³/mol. The summed E-state index contributed by atoms with van der Waals surface area (Å²) in [6.45, 7) is 3.84. The molecule has 0 aliphatic heterocycles. The lowest BCUT2D eigenvalue weighted by Crippen LogP contribution is -2.25.